The van der Waals surface area contributed by atoms with Gasteiger partial charge in [-0.3, -0.25) is 4.79 Å². The third-order valence-corrected chi connectivity index (χ3v) is 3.75. The maximum absolute atomic E-state index is 14.1. The van der Waals surface area contributed by atoms with E-state index in [2.05, 4.69) is 29.8 Å². The van der Waals surface area contributed by atoms with Crippen LogP contribution in [0.5, 0.6) is 0 Å². The van der Waals surface area contributed by atoms with E-state index in [0.717, 1.165) is 12.8 Å². The molecule has 1 aromatic rings. The summed E-state index contributed by atoms with van der Waals surface area (Å²) in [5.41, 5.74) is 0.682. The fourth-order valence-corrected chi connectivity index (χ4v) is 2.62. The van der Waals surface area contributed by atoms with Crippen LogP contribution in [0.1, 0.15) is 42.6 Å². The van der Waals surface area contributed by atoms with Gasteiger partial charge in [0, 0.05) is 17.9 Å². The number of hydrogen-bond acceptors (Lipinski definition) is 1. The summed E-state index contributed by atoms with van der Waals surface area (Å²) in [6.07, 6.45) is 1.76. The summed E-state index contributed by atoms with van der Waals surface area (Å²) in [6, 6.07) is 5.13. The maximum Gasteiger partial charge on any atom is 0.257 e. The van der Waals surface area contributed by atoms with Crippen LogP contribution in [0.25, 0.3) is 0 Å². The molecule has 0 atom stereocenters. The Bertz CT molecular complexity index is 432. The van der Waals surface area contributed by atoms with Crippen molar-refractivity contribution >= 4 is 21.8 Å². The Morgan fingerprint density at radius 3 is 2.53 bits per heavy atom. The molecule has 0 N–H and O–H groups in total. The van der Waals surface area contributed by atoms with Crippen molar-refractivity contribution in [1.82, 2.24) is 4.90 Å². The minimum absolute atomic E-state index is 0.157. The van der Waals surface area contributed by atoms with Crippen LogP contribution >= 0.6 is 15.9 Å². The number of nitrogens with zero attached hydrogens (tertiary/aromatic N) is 1. The Morgan fingerprint density at radius 2 is 2.00 bits per heavy atom. The number of alkyl halides is 1. The summed E-state index contributed by atoms with van der Waals surface area (Å²) >= 11 is 3.36. The molecule has 0 aliphatic carbocycles. The molecule has 0 saturated carbocycles. The second-order valence-electron chi connectivity index (χ2n) is 4.59. The highest BCUT2D eigenvalue weighted by molar-refractivity contribution is 9.09. The summed E-state index contributed by atoms with van der Waals surface area (Å²) in [4.78, 5) is 14.3. The second-order valence-corrected chi connectivity index (χ2v) is 5.39. The van der Waals surface area contributed by atoms with Gasteiger partial charge in [0.05, 0.1) is 5.56 Å². The Kier molecular flexibility index (Phi) is 6.49. The van der Waals surface area contributed by atoms with Gasteiger partial charge in [-0.1, -0.05) is 41.9 Å². The zero-order chi connectivity index (χ0) is 14.4. The molecule has 0 aliphatic heterocycles. The summed E-state index contributed by atoms with van der Waals surface area (Å²) in [5, 5.41) is 0.697. The molecule has 0 spiro atoms. The number of hydrogen-bond donors (Lipinski definition) is 0. The van der Waals surface area contributed by atoms with E-state index in [1.807, 2.05) is 0 Å². The zero-order valence-corrected chi connectivity index (χ0v) is 13.3. The molecule has 1 amide bonds. The third-order valence-electron chi connectivity index (χ3n) is 3.39. The topological polar surface area (TPSA) is 20.3 Å². The van der Waals surface area contributed by atoms with E-state index in [9.17, 15) is 9.18 Å². The van der Waals surface area contributed by atoms with Crippen molar-refractivity contribution in [2.45, 2.75) is 39.7 Å². The first-order chi connectivity index (χ1) is 9.06. The molecular formula is C15H21BrFNO. The van der Waals surface area contributed by atoms with Crippen LogP contribution < -0.4 is 0 Å². The fraction of sp³-hybridized carbons (Fsp3) is 0.533. The molecule has 0 bridgehead atoms. The molecule has 1 rings (SSSR count). The van der Waals surface area contributed by atoms with Crippen LogP contribution in [0.15, 0.2) is 18.2 Å². The van der Waals surface area contributed by atoms with Gasteiger partial charge in [-0.05, 0) is 31.4 Å². The molecule has 19 heavy (non-hydrogen) atoms. The number of aryl methyl sites for hydroxylation is 1. The quantitative estimate of drug-likeness (QED) is 0.717. The first-order valence-corrected chi connectivity index (χ1v) is 7.80. The minimum atomic E-state index is -0.405. The van der Waals surface area contributed by atoms with Gasteiger partial charge in [0.25, 0.3) is 5.91 Å². The van der Waals surface area contributed by atoms with E-state index in [1.54, 1.807) is 30.0 Å². The Hall–Kier alpha value is -0.900. The number of rotatable bonds is 6. The molecule has 0 unspecified atom stereocenters. The predicted octanol–water partition coefficient (Wildman–Crippen LogP) is 4.16. The van der Waals surface area contributed by atoms with Gasteiger partial charge in [0.2, 0.25) is 0 Å². The monoisotopic (exact) mass is 329 g/mol. The van der Waals surface area contributed by atoms with Crippen LogP contribution in [-0.4, -0.2) is 28.7 Å². The number of carbonyl (C=O) groups is 1. The molecule has 4 heteroatoms. The predicted molar refractivity (Wildman–Crippen MR) is 80.3 cm³/mol. The SMILES string of the molecule is CCC(CC)N(CCBr)C(=O)c1cccc(C)c1F. The van der Waals surface area contributed by atoms with Gasteiger partial charge in [0.15, 0.2) is 0 Å². The summed E-state index contributed by atoms with van der Waals surface area (Å²) in [7, 11) is 0. The standard InChI is InChI=1S/C15H21BrFNO/c1-4-12(5-2)18(10-9-16)15(19)13-8-6-7-11(3)14(13)17/h6-8,12H,4-5,9-10H2,1-3H3. The second kappa shape index (κ2) is 7.63. The molecule has 0 fully saturated rings. The first-order valence-electron chi connectivity index (χ1n) is 6.68. The van der Waals surface area contributed by atoms with Crippen molar-refractivity contribution in [2.24, 2.45) is 0 Å². The van der Waals surface area contributed by atoms with E-state index in [4.69, 9.17) is 0 Å². The minimum Gasteiger partial charge on any atom is -0.335 e. The summed E-state index contributed by atoms with van der Waals surface area (Å²) in [6.45, 7) is 6.38. The van der Waals surface area contributed by atoms with Crippen LogP contribution in [0.3, 0.4) is 0 Å². The number of halogens is 2. The summed E-state index contributed by atoms with van der Waals surface area (Å²) in [5.74, 6) is -0.618. The Morgan fingerprint density at radius 1 is 1.37 bits per heavy atom. The highest BCUT2D eigenvalue weighted by Gasteiger charge is 2.24. The highest BCUT2D eigenvalue weighted by atomic mass is 79.9. The number of carbonyl (C=O) groups excluding carboxylic acids is 1. The van der Waals surface area contributed by atoms with Gasteiger partial charge in [-0.25, -0.2) is 4.39 Å². The lowest BCUT2D eigenvalue weighted by Gasteiger charge is -2.30. The van der Waals surface area contributed by atoms with Crippen LogP contribution in [0, 0.1) is 12.7 Å². The van der Waals surface area contributed by atoms with Crippen molar-refractivity contribution in [3.63, 3.8) is 0 Å². The lowest BCUT2D eigenvalue weighted by Crippen LogP contribution is -2.41. The molecule has 2 nitrogen and oxygen atoms in total. The largest absolute Gasteiger partial charge is 0.335 e. The smallest absolute Gasteiger partial charge is 0.257 e. The lowest BCUT2D eigenvalue weighted by molar-refractivity contribution is 0.0678. The molecule has 0 saturated heterocycles. The third kappa shape index (κ3) is 3.78. The number of benzene rings is 1. The van der Waals surface area contributed by atoms with Gasteiger partial charge in [-0.2, -0.15) is 0 Å². The lowest BCUT2D eigenvalue weighted by atomic mass is 10.1. The van der Waals surface area contributed by atoms with E-state index in [1.165, 1.54) is 0 Å². The average molecular weight is 330 g/mol. The van der Waals surface area contributed by atoms with E-state index < -0.39 is 5.82 Å². The normalized spacial score (nSPS) is 10.8. The molecule has 0 radical (unpaired) electrons. The van der Waals surface area contributed by atoms with Crippen molar-refractivity contribution in [2.75, 3.05) is 11.9 Å². The Labute approximate surface area is 123 Å². The van der Waals surface area contributed by atoms with Gasteiger partial charge in [-0.15, -0.1) is 0 Å². The Balaban J connectivity index is 3.08. The van der Waals surface area contributed by atoms with Gasteiger partial charge >= 0.3 is 0 Å². The molecule has 0 heterocycles. The van der Waals surface area contributed by atoms with Crippen molar-refractivity contribution in [3.8, 4) is 0 Å². The summed E-state index contributed by atoms with van der Waals surface area (Å²) < 4.78 is 14.1. The average Bonchev–Trinajstić information content (AvgIpc) is 2.41. The van der Waals surface area contributed by atoms with Gasteiger partial charge < -0.3 is 4.90 Å². The fourth-order valence-electron chi connectivity index (χ4n) is 2.24. The molecule has 1 aromatic carbocycles. The van der Waals surface area contributed by atoms with Crippen LogP contribution in [0.2, 0.25) is 0 Å². The van der Waals surface area contributed by atoms with E-state index >= 15 is 0 Å². The van der Waals surface area contributed by atoms with Crippen molar-refractivity contribution < 1.29 is 9.18 Å². The van der Waals surface area contributed by atoms with Crippen LogP contribution in [-0.2, 0) is 0 Å². The van der Waals surface area contributed by atoms with E-state index in [-0.39, 0.29) is 17.5 Å². The highest BCUT2D eigenvalue weighted by Crippen LogP contribution is 2.18. The number of amides is 1. The van der Waals surface area contributed by atoms with Crippen molar-refractivity contribution in [3.05, 3.63) is 35.1 Å². The van der Waals surface area contributed by atoms with Gasteiger partial charge in [0.1, 0.15) is 5.82 Å². The van der Waals surface area contributed by atoms with Crippen molar-refractivity contribution in [1.29, 1.82) is 0 Å². The first kappa shape index (κ1) is 16.2. The molecule has 0 aliphatic rings. The zero-order valence-electron chi connectivity index (χ0n) is 11.7. The van der Waals surface area contributed by atoms with E-state index in [0.29, 0.717) is 17.4 Å². The maximum atomic E-state index is 14.1. The molecular weight excluding hydrogens is 309 g/mol. The molecule has 0 aromatic heterocycles. The van der Waals surface area contributed by atoms with Crippen LogP contribution in [0.4, 0.5) is 4.39 Å². The molecule has 106 valence electrons.